The second kappa shape index (κ2) is 5.75. The molecule has 1 aromatic carbocycles. The van der Waals surface area contributed by atoms with E-state index in [-0.39, 0.29) is 11.9 Å². The molecule has 1 amide bonds. The summed E-state index contributed by atoms with van der Waals surface area (Å²) < 4.78 is 0.813. The van der Waals surface area contributed by atoms with Crippen LogP contribution in [0.2, 0.25) is 0 Å². The first-order valence-electron chi connectivity index (χ1n) is 6.70. The number of carbonyl (C=O) groups is 1. The summed E-state index contributed by atoms with van der Waals surface area (Å²) in [4.78, 5) is 16.4. The fourth-order valence-corrected chi connectivity index (χ4v) is 2.69. The minimum absolute atomic E-state index is 0.0699. The number of hydrogen-bond acceptors (Lipinski definition) is 2. The van der Waals surface area contributed by atoms with Crippen LogP contribution in [0.3, 0.4) is 0 Å². The lowest BCUT2D eigenvalue weighted by Gasteiger charge is -2.18. The fraction of sp³-hybridized carbons (Fsp3) is 0.250. The standard InChI is InChI=1S/C16H15BrN2O/c17-14-8-13(9-18-10-14)16(20)19-15(12-6-7-12)11-4-2-1-3-5-11/h1-5,8-10,12,15H,6-7H2,(H,19,20). The molecule has 1 fully saturated rings. The van der Waals surface area contributed by atoms with Gasteiger partial charge in [-0.1, -0.05) is 30.3 Å². The van der Waals surface area contributed by atoms with Gasteiger partial charge < -0.3 is 5.32 Å². The number of carbonyl (C=O) groups excluding carboxylic acids is 1. The van der Waals surface area contributed by atoms with E-state index in [1.54, 1.807) is 18.5 Å². The second-order valence-corrected chi connectivity index (χ2v) is 6.01. The number of rotatable bonds is 4. The number of pyridine rings is 1. The summed E-state index contributed by atoms with van der Waals surface area (Å²) in [5.41, 5.74) is 1.76. The summed E-state index contributed by atoms with van der Waals surface area (Å²) in [6, 6.07) is 12.0. The highest BCUT2D eigenvalue weighted by atomic mass is 79.9. The molecular formula is C16H15BrN2O. The predicted octanol–water partition coefficient (Wildman–Crippen LogP) is 3.73. The Morgan fingerprint density at radius 3 is 2.65 bits per heavy atom. The number of nitrogens with one attached hydrogen (secondary N) is 1. The van der Waals surface area contributed by atoms with Crippen LogP contribution >= 0.6 is 15.9 Å². The van der Waals surface area contributed by atoms with Gasteiger partial charge >= 0.3 is 0 Å². The van der Waals surface area contributed by atoms with Crippen LogP contribution in [0.15, 0.2) is 53.3 Å². The number of halogens is 1. The Morgan fingerprint density at radius 1 is 1.25 bits per heavy atom. The number of nitrogens with zero attached hydrogens (tertiary/aromatic N) is 1. The SMILES string of the molecule is O=C(NC(c1ccccc1)C1CC1)c1cncc(Br)c1. The molecule has 3 rings (SSSR count). The Hall–Kier alpha value is -1.68. The van der Waals surface area contributed by atoms with E-state index in [1.807, 2.05) is 18.2 Å². The molecule has 0 spiro atoms. The van der Waals surface area contributed by atoms with Crippen LogP contribution < -0.4 is 5.32 Å². The first kappa shape index (κ1) is 13.3. The number of amides is 1. The maximum atomic E-state index is 12.3. The van der Waals surface area contributed by atoms with Gasteiger partial charge in [-0.2, -0.15) is 0 Å². The first-order chi connectivity index (χ1) is 9.74. The predicted molar refractivity (Wildman–Crippen MR) is 81.3 cm³/mol. The molecule has 2 aromatic rings. The van der Waals surface area contributed by atoms with Crippen LogP contribution in [0, 0.1) is 5.92 Å². The van der Waals surface area contributed by atoms with E-state index < -0.39 is 0 Å². The van der Waals surface area contributed by atoms with Gasteiger partial charge in [0.1, 0.15) is 0 Å². The number of benzene rings is 1. The maximum Gasteiger partial charge on any atom is 0.253 e. The van der Waals surface area contributed by atoms with Crippen molar-refractivity contribution in [1.29, 1.82) is 0 Å². The zero-order valence-corrected chi connectivity index (χ0v) is 12.5. The molecule has 1 aliphatic carbocycles. The van der Waals surface area contributed by atoms with Crippen LogP contribution in [0.5, 0.6) is 0 Å². The Kier molecular flexibility index (Phi) is 3.83. The average molecular weight is 331 g/mol. The number of aromatic nitrogens is 1. The lowest BCUT2D eigenvalue weighted by atomic mass is 10.0. The van der Waals surface area contributed by atoms with Gasteiger partial charge in [-0.15, -0.1) is 0 Å². The molecule has 1 saturated carbocycles. The molecule has 4 heteroatoms. The van der Waals surface area contributed by atoms with Crippen LogP contribution in [0.25, 0.3) is 0 Å². The Morgan fingerprint density at radius 2 is 2.00 bits per heavy atom. The smallest absolute Gasteiger partial charge is 0.253 e. The van der Waals surface area contributed by atoms with Crippen molar-refractivity contribution in [2.24, 2.45) is 5.92 Å². The fourth-order valence-electron chi connectivity index (χ4n) is 2.32. The third kappa shape index (κ3) is 3.07. The van der Waals surface area contributed by atoms with E-state index in [0.29, 0.717) is 11.5 Å². The summed E-state index contributed by atoms with van der Waals surface area (Å²) in [7, 11) is 0. The average Bonchev–Trinajstić information content (AvgIpc) is 3.30. The molecular weight excluding hydrogens is 316 g/mol. The Labute approximate surface area is 126 Å². The van der Waals surface area contributed by atoms with Crippen molar-refractivity contribution in [2.75, 3.05) is 0 Å². The normalized spacial score (nSPS) is 15.7. The summed E-state index contributed by atoms with van der Waals surface area (Å²) >= 11 is 3.34. The molecule has 1 heterocycles. The minimum atomic E-state index is -0.0699. The van der Waals surface area contributed by atoms with E-state index in [2.05, 4.69) is 38.4 Å². The van der Waals surface area contributed by atoms with E-state index in [4.69, 9.17) is 0 Å². The molecule has 20 heavy (non-hydrogen) atoms. The van der Waals surface area contributed by atoms with Crippen molar-refractivity contribution in [1.82, 2.24) is 10.3 Å². The summed E-state index contributed by atoms with van der Waals surface area (Å²) in [5, 5.41) is 3.14. The summed E-state index contributed by atoms with van der Waals surface area (Å²) in [6.07, 6.45) is 5.62. The molecule has 3 nitrogen and oxygen atoms in total. The van der Waals surface area contributed by atoms with E-state index in [1.165, 1.54) is 18.4 Å². The molecule has 0 radical (unpaired) electrons. The third-order valence-electron chi connectivity index (χ3n) is 3.51. The van der Waals surface area contributed by atoms with Crippen molar-refractivity contribution >= 4 is 21.8 Å². The molecule has 1 N–H and O–H groups in total. The summed E-state index contributed by atoms with van der Waals surface area (Å²) in [6.45, 7) is 0. The zero-order valence-electron chi connectivity index (χ0n) is 10.9. The van der Waals surface area contributed by atoms with Crippen molar-refractivity contribution < 1.29 is 4.79 Å². The van der Waals surface area contributed by atoms with Gasteiger partial charge in [0.25, 0.3) is 5.91 Å². The highest BCUT2D eigenvalue weighted by Crippen LogP contribution is 2.41. The molecule has 1 aromatic heterocycles. The van der Waals surface area contributed by atoms with Crippen LogP contribution in [-0.4, -0.2) is 10.9 Å². The van der Waals surface area contributed by atoms with Crippen LogP contribution in [0.1, 0.15) is 34.8 Å². The monoisotopic (exact) mass is 330 g/mol. The van der Waals surface area contributed by atoms with Gasteiger partial charge in [0.15, 0.2) is 0 Å². The van der Waals surface area contributed by atoms with Crippen LogP contribution in [-0.2, 0) is 0 Å². The molecule has 0 saturated heterocycles. The lowest BCUT2D eigenvalue weighted by Crippen LogP contribution is -2.29. The van der Waals surface area contributed by atoms with Gasteiger partial charge in [0.2, 0.25) is 0 Å². The van der Waals surface area contributed by atoms with Crippen molar-refractivity contribution in [3.05, 3.63) is 64.4 Å². The van der Waals surface area contributed by atoms with Gasteiger partial charge in [-0.05, 0) is 46.3 Å². The van der Waals surface area contributed by atoms with E-state index >= 15 is 0 Å². The van der Waals surface area contributed by atoms with Crippen molar-refractivity contribution in [3.63, 3.8) is 0 Å². The van der Waals surface area contributed by atoms with Gasteiger partial charge in [-0.25, -0.2) is 0 Å². The molecule has 0 aliphatic heterocycles. The first-order valence-corrected chi connectivity index (χ1v) is 7.50. The maximum absolute atomic E-state index is 12.3. The van der Waals surface area contributed by atoms with Gasteiger partial charge in [0, 0.05) is 16.9 Å². The third-order valence-corrected chi connectivity index (χ3v) is 3.94. The Bertz CT molecular complexity index is 611. The van der Waals surface area contributed by atoms with Gasteiger partial charge in [0.05, 0.1) is 11.6 Å². The zero-order chi connectivity index (χ0) is 13.9. The highest BCUT2D eigenvalue weighted by molar-refractivity contribution is 9.10. The van der Waals surface area contributed by atoms with E-state index in [0.717, 1.165) is 4.47 Å². The van der Waals surface area contributed by atoms with Crippen LogP contribution in [0.4, 0.5) is 0 Å². The number of hydrogen-bond donors (Lipinski definition) is 1. The molecule has 1 unspecified atom stereocenters. The molecule has 1 aliphatic rings. The highest BCUT2D eigenvalue weighted by Gasteiger charge is 2.33. The van der Waals surface area contributed by atoms with Crippen molar-refractivity contribution in [3.8, 4) is 0 Å². The minimum Gasteiger partial charge on any atom is -0.345 e. The molecule has 102 valence electrons. The summed E-state index contributed by atoms with van der Waals surface area (Å²) in [5.74, 6) is 0.487. The topological polar surface area (TPSA) is 42.0 Å². The van der Waals surface area contributed by atoms with E-state index in [9.17, 15) is 4.79 Å². The van der Waals surface area contributed by atoms with Gasteiger partial charge in [-0.3, -0.25) is 9.78 Å². The molecule has 1 atom stereocenters. The molecule has 0 bridgehead atoms. The lowest BCUT2D eigenvalue weighted by molar-refractivity contribution is 0.0931. The largest absolute Gasteiger partial charge is 0.345 e. The quantitative estimate of drug-likeness (QED) is 0.928. The Balaban J connectivity index is 1.79. The van der Waals surface area contributed by atoms with Crippen molar-refractivity contribution in [2.45, 2.75) is 18.9 Å². The second-order valence-electron chi connectivity index (χ2n) is 5.09.